The van der Waals surface area contributed by atoms with Crippen molar-refractivity contribution in [2.24, 2.45) is 0 Å². The highest BCUT2D eigenvalue weighted by Gasteiger charge is 2.28. The Morgan fingerprint density at radius 2 is 2.11 bits per heavy atom. The monoisotopic (exact) mass is 300 g/mol. The van der Waals surface area contributed by atoms with Crippen LogP contribution in [0, 0.1) is 0 Å². The van der Waals surface area contributed by atoms with Gasteiger partial charge < -0.3 is 5.32 Å². The molecule has 1 aliphatic rings. The average molecular weight is 301 g/mol. The molecule has 1 aliphatic heterocycles. The van der Waals surface area contributed by atoms with Gasteiger partial charge in [-0.1, -0.05) is 29.3 Å². The molecule has 0 aromatic heterocycles. The molecule has 1 fully saturated rings. The van der Waals surface area contributed by atoms with E-state index in [4.69, 9.17) is 35.4 Å². The van der Waals surface area contributed by atoms with Gasteiger partial charge in [-0.2, -0.15) is 0 Å². The fraction of sp³-hybridized carbons (Fsp3) is 0.167. The summed E-state index contributed by atoms with van der Waals surface area (Å²) in [6.07, 6.45) is 1.70. The summed E-state index contributed by atoms with van der Waals surface area (Å²) in [5.41, 5.74) is 1.24. The van der Waals surface area contributed by atoms with Crippen LogP contribution in [0.1, 0.15) is 12.5 Å². The molecule has 3 nitrogen and oxygen atoms in total. The summed E-state index contributed by atoms with van der Waals surface area (Å²) in [4.78, 5) is 13.5. The van der Waals surface area contributed by atoms with Gasteiger partial charge >= 0.3 is 0 Å². The van der Waals surface area contributed by atoms with Crippen molar-refractivity contribution >= 4 is 52.5 Å². The zero-order chi connectivity index (χ0) is 13.3. The van der Waals surface area contributed by atoms with Crippen molar-refractivity contribution in [3.63, 3.8) is 0 Å². The lowest BCUT2D eigenvalue weighted by molar-refractivity contribution is -0.122. The van der Waals surface area contributed by atoms with Crippen LogP contribution in [0.5, 0.6) is 0 Å². The van der Waals surface area contributed by atoms with Gasteiger partial charge in [0.1, 0.15) is 5.70 Å². The van der Waals surface area contributed by atoms with E-state index >= 15 is 0 Å². The molecule has 1 aromatic carbocycles. The maximum atomic E-state index is 12.0. The molecule has 0 aliphatic carbocycles. The number of thiocarbonyl (C=S) groups is 1. The molecule has 1 saturated heterocycles. The summed E-state index contributed by atoms with van der Waals surface area (Å²) in [5, 5.41) is 4.24. The van der Waals surface area contributed by atoms with Gasteiger partial charge in [-0.25, -0.2) is 0 Å². The normalized spacial score (nSPS) is 17.5. The van der Waals surface area contributed by atoms with Crippen LogP contribution in [-0.4, -0.2) is 22.5 Å². The standard InChI is InChI=1S/C12H10Cl2N2OS/c1-2-16-11(17)10(15-12(16)18)6-7-3-4-8(13)9(14)5-7/h3-6H,2H2,1H3,(H,15,18). The quantitative estimate of drug-likeness (QED) is 0.673. The molecule has 6 heteroatoms. The SMILES string of the molecule is CCN1C(=O)C(=Cc2ccc(Cl)c(Cl)c2)NC1=S. The van der Waals surface area contributed by atoms with Gasteiger partial charge in [0.15, 0.2) is 5.11 Å². The minimum Gasteiger partial charge on any atom is -0.328 e. The number of carbonyl (C=O) groups excluding carboxylic acids is 1. The largest absolute Gasteiger partial charge is 0.328 e. The zero-order valence-corrected chi connectivity index (χ0v) is 11.9. The number of halogens is 2. The Balaban J connectivity index is 2.32. The fourth-order valence-corrected chi connectivity index (χ4v) is 2.26. The Morgan fingerprint density at radius 1 is 1.39 bits per heavy atom. The van der Waals surface area contributed by atoms with E-state index in [0.29, 0.717) is 27.4 Å². The molecule has 0 saturated carbocycles. The molecule has 1 aromatic rings. The predicted octanol–water partition coefficient (Wildman–Crippen LogP) is 3.07. The molecule has 1 amide bonds. The van der Waals surface area contributed by atoms with Crippen LogP contribution in [0.3, 0.4) is 0 Å². The van der Waals surface area contributed by atoms with Gasteiger partial charge in [0.25, 0.3) is 5.91 Å². The molecule has 18 heavy (non-hydrogen) atoms. The third kappa shape index (κ3) is 2.51. The van der Waals surface area contributed by atoms with Crippen molar-refractivity contribution in [1.29, 1.82) is 0 Å². The van der Waals surface area contributed by atoms with Gasteiger partial charge in [-0.3, -0.25) is 9.69 Å². The summed E-state index contributed by atoms with van der Waals surface area (Å²) in [6, 6.07) is 5.17. The number of benzene rings is 1. The maximum Gasteiger partial charge on any atom is 0.276 e. The maximum absolute atomic E-state index is 12.0. The van der Waals surface area contributed by atoms with E-state index in [-0.39, 0.29) is 5.91 Å². The second kappa shape index (κ2) is 5.26. The molecule has 0 atom stereocenters. The van der Waals surface area contributed by atoms with Crippen LogP contribution >= 0.6 is 35.4 Å². The Hall–Kier alpha value is -1.10. The molecule has 0 unspecified atom stereocenters. The molecule has 1 heterocycles. The second-order valence-corrected chi connectivity index (χ2v) is 4.91. The fourth-order valence-electron chi connectivity index (χ4n) is 1.63. The lowest BCUT2D eigenvalue weighted by atomic mass is 10.2. The van der Waals surface area contributed by atoms with E-state index in [9.17, 15) is 4.79 Å². The first-order valence-electron chi connectivity index (χ1n) is 5.32. The Kier molecular flexibility index (Phi) is 3.90. The molecular weight excluding hydrogens is 291 g/mol. The van der Waals surface area contributed by atoms with E-state index in [1.54, 1.807) is 24.3 Å². The zero-order valence-electron chi connectivity index (χ0n) is 9.54. The van der Waals surface area contributed by atoms with Crippen LogP contribution < -0.4 is 5.32 Å². The lowest BCUT2D eigenvalue weighted by Crippen LogP contribution is -2.30. The summed E-state index contributed by atoms with van der Waals surface area (Å²) in [7, 11) is 0. The summed E-state index contributed by atoms with van der Waals surface area (Å²) in [6.45, 7) is 2.41. The predicted molar refractivity (Wildman–Crippen MR) is 77.6 cm³/mol. The Labute approximate surface area is 120 Å². The first kappa shape index (κ1) is 13.3. The smallest absolute Gasteiger partial charge is 0.276 e. The van der Waals surface area contributed by atoms with E-state index in [1.807, 2.05) is 6.92 Å². The molecule has 0 bridgehead atoms. The number of hydrogen-bond acceptors (Lipinski definition) is 2. The van der Waals surface area contributed by atoms with Crippen LogP contribution in [0.15, 0.2) is 23.9 Å². The van der Waals surface area contributed by atoms with E-state index in [1.165, 1.54) is 4.90 Å². The third-order valence-corrected chi connectivity index (χ3v) is 3.59. The number of nitrogens with zero attached hydrogens (tertiary/aromatic N) is 1. The van der Waals surface area contributed by atoms with Crippen LogP contribution in [0.25, 0.3) is 6.08 Å². The number of hydrogen-bond donors (Lipinski definition) is 1. The summed E-state index contributed by atoms with van der Waals surface area (Å²) < 4.78 is 0. The second-order valence-electron chi connectivity index (χ2n) is 3.71. The number of nitrogens with one attached hydrogen (secondary N) is 1. The van der Waals surface area contributed by atoms with Gasteiger partial charge in [-0.15, -0.1) is 0 Å². The number of likely N-dealkylation sites (N-methyl/N-ethyl adjacent to an activating group) is 1. The highest BCUT2D eigenvalue weighted by molar-refractivity contribution is 7.80. The number of rotatable bonds is 2. The first-order chi connectivity index (χ1) is 8.52. The van der Waals surface area contributed by atoms with Crippen molar-refractivity contribution < 1.29 is 4.79 Å². The topological polar surface area (TPSA) is 32.3 Å². The first-order valence-corrected chi connectivity index (χ1v) is 6.49. The number of carbonyl (C=O) groups is 1. The van der Waals surface area contributed by atoms with Gasteiger partial charge in [0.2, 0.25) is 0 Å². The summed E-state index contributed by atoms with van der Waals surface area (Å²) in [5.74, 6) is -0.131. The van der Waals surface area contributed by atoms with Crippen molar-refractivity contribution in [1.82, 2.24) is 10.2 Å². The van der Waals surface area contributed by atoms with E-state index in [0.717, 1.165) is 5.56 Å². The highest BCUT2D eigenvalue weighted by Crippen LogP contribution is 2.24. The van der Waals surface area contributed by atoms with Crippen LogP contribution in [0.2, 0.25) is 10.0 Å². The van der Waals surface area contributed by atoms with Crippen molar-refractivity contribution in [2.45, 2.75) is 6.92 Å². The molecule has 0 spiro atoms. The van der Waals surface area contributed by atoms with E-state index < -0.39 is 0 Å². The molecule has 2 rings (SSSR count). The molecular formula is C12H10Cl2N2OS. The van der Waals surface area contributed by atoms with Crippen LogP contribution in [0.4, 0.5) is 0 Å². The van der Waals surface area contributed by atoms with Gasteiger partial charge in [0, 0.05) is 6.54 Å². The average Bonchev–Trinajstić information content (AvgIpc) is 2.59. The van der Waals surface area contributed by atoms with Gasteiger partial charge in [-0.05, 0) is 42.9 Å². The Morgan fingerprint density at radius 3 is 2.67 bits per heavy atom. The minimum absolute atomic E-state index is 0.131. The molecule has 1 N–H and O–H groups in total. The Bertz CT molecular complexity index is 557. The van der Waals surface area contributed by atoms with Gasteiger partial charge in [0.05, 0.1) is 10.0 Å². The van der Waals surface area contributed by atoms with Crippen LogP contribution in [-0.2, 0) is 4.79 Å². The van der Waals surface area contributed by atoms with Crippen molar-refractivity contribution in [3.8, 4) is 0 Å². The summed E-state index contributed by atoms with van der Waals surface area (Å²) >= 11 is 16.8. The van der Waals surface area contributed by atoms with E-state index in [2.05, 4.69) is 5.32 Å². The minimum atomic E-state index is -0.131. The van der Waals surface area contributed by atoms with Crippen molar-refractivity contribution in [3.05, 3.63) is 39.5 Å². The molecule has 0 radical (unpaired) electrons. The van der Waals surface area contributed by atoms with Crippen molar-refractivity contribution in [2.75, 3.05) is 6.54 Å². The number of amides is 1. The highest BCUT2D eigenvalue weighted by atomic mass is 35.5. The third-order valence-electron chi connectivity index (χ3n) is 2.53. The molecule has 94 valence electrons. The lowest BCUT2D eigenvalue weighted by Gasteiger charge is -2.08.